The molecule has 0 fully saturated rings. The fourth-order valence-corrected chi connectivity index (χ4v) is 1.49. The molecule has 11 heteroatoms. The molecule has 2 rings (SSSR count). The molecule has 0 amide bonds. The molecule has 0 aliphatic carbocycles. The molecule has 0 aliphatic rings. The van der Waals surface area contributed by atoms with Crippen LogP contribution in [0.4, 0.5) is 35.1 Å². The van der Waals surface area contributed by atoms with Crippen molar-refractivity contribution in [3.8, 4) is 0 Å². The molecule has 2 radical (unpaired) electrons. The number of halogens is 8. The third kappa shape index (κ3) is 5.11. The van der Waals surface area contributed by atoms with E-state index in [0.29, 0.717) is 0 Å². The summed E-state index contributed by atoms with van der Waals surface area (Å²) >= 11 is 8.08. The van der Waals surface area contributed by atoms with Gasteiger partial charge in [0.05, 0.1) is 0 Å². The first-order valence-electron chi connectivity index (χ1n) is 5.07. The molecule has 2 aromatic carbocycles. The first-order chi connectivity index (χ1) is 10.1. The molecule has 0 atom stereocenters. The Morgan fingerprint density at radius 3 is 0.826 bits per heavy atom. The Balaban J connectivity index is 0.000000403. The van der Waals surface area contributed by atoms with Crippen LogP contribution >= 0.6 is 0 Å². The predicted octanol–water partition coefficient (Wildman–Crippen LogP) is 3.92. The normalized spacial score (nSPS) is 9.74. The van der Waals surface area contributed by atoms with E-state index < -0.39 is 56.3 Å². The molecule has 0 N–H and O–H groups in total. The van der Waals surface area contributed by atoms with Gasteiger partial charge < -0.3 is 25.3 Å². The third-order valence-electron chi connectivity index (χ3n) is 2.14. The molecule has 0 aromatic heterocycles. The van der Waals surface area contributed by atoms with Crippen molar-refractivity contribution in [1.82, 2.24) is 0 Å². The van der Waals surface area contributed by atoms with E-state index in [1.807, 2.05) is 0 Å². The Kier molecular flexibility index (Phi) is 8.62. The van der Waals surface area contributed by atoms with E-state index in [1.165, 1.54) is 0 Å². The average molecular weight is 569 g/mol. The van der Waals surface area contributed by atoms with Gasteiger partial charge in [-0.25, -0.2) is 35.1 Å². The maximum Gasteiger partial charge on any atom is 2.00 e. The Labute approximate surface area is 155 Å². The summed E-state index contributed by atoms with van der Waals surface area (Å²) in [6.45, 7) is 0. The fourth-order valence-electron chi connectivity index (χ4n) is 1.10. The molecule has 0 unspecified atom stereocenters. The molecule has 0 aliphatic heterocycles. The molecule has 0 heterocycles. The SMILES string of the molecule is Fc1cc(F)c(F)c([S-])c1F.Fc1cc(F)c(F)c([S-])c1F.[Pb+2]. The van der Waals surface area contributed by atoms with Gasteiger partial charge in [0.25, 0.3) is 0 Å². The zero-order valence-electron chi connectivity index (χ0n) is 10.5. The van der Waals surface area contributed by atoms with Crippen LogP contribution in [-0.2, 0) is 25.3 Å². The Hall–Kier alpha value is -0.758. The standard InChI is InChI=1S/2C6H2F4S.Pb/c2*7-2-1-3(8)5(10)6(11)4(2)9;/h2*1,11H;/q;;+2/p-2. The van der Waals surface area contributed by atoms with Crippen molar-refractivity contribution in [1.29, 1.82) is 0 Å². The van der Waals surface area contributed by atoms with E-state index in [4.69, 9.17) is 0 Å². The van der Waals surface area contributed by atoms with Crippen LogP contribution in [0.2, 0.25) is 0 Å². The van der Waals surface area contributed by atoms with Gasteiger partial charge in [0.15, 0.2) is 23.3 Å². The van der Waals surface area contributed by atoms with Crippen LogP contribution in [0.25, 0.3) is 0 Å². The second-order valence-corrected chi connectivity index (χ2v) is 4.41. The number of hydrogen-bond acceptors (Lipinski definition) is 2. The minimum absolute atomic E-state index is 0. The van der Waals surface area contributed by atoms with Crippen molar-refractivity contribution < 1.29 is 35.1 Å². The van der Waals surface area contributed by atoms with E-state index >= 15 is 0 Å². The first-order valence-corrected chi connectivity index (χ1v) is 5.89. The summed E-state index contributed by atoms with van der Waals surface area (Å²) in [5.41, 5.74) is 0. The van der Waals surface area contributed by atoms with Crippen LogP contribution in [0.5, 0.6) is 0 Å². The quantitative estimate of drug-likeness (QED) is 0.204. The second-order valence-electron chi connectivity index (χ2n) is 3.59. The monoisotopic (exact) mass is 570 g/mol. The van der Waals surface area contributed by atoms with E-state index in [-0.39, 0.29) is 39.4 Å². The summed E-state index contributed by atoms with van der Waals surface area (Å²) in [7, 11) is 0. The summed E-state index contributed by atoms with van der Waals surface area (Å²) in [5, 5.41) is 0. The van der Waals surface area contributed by atoms with Gasteiger partial charge in [-0.05, 0) is 0 Å². The van der Waals surface area contributed by atoms with Crippen molar-refractivity contribution in [3.63, 3.8) is 0 Å². The minimum Gasteiger partial charge on any atom is -0.774 e. The van der Waals surface area contributed by atoms with E-state index in [0.717, 1.165) is 0 Å². The molecule has 23 heavy (non-hydrogen) atoms. The zero-order valence-corrected chi connectivity index (χ0v) is 16.0. The molecule has 0 nitrogen and oxygen atoms in total. The van der Waals surface area contributed by atoms with Gasteiger partial charge in [-0.2, -0.15) is 0 Å². The molecular formula is C12H2F8PbS2. The summed E-state index contributed by atoms with van der Waals surface area (Å²) in [6, 6.07) is 0.223. The van der Waals surface area contributed by atoms with Crippen molar-refractivity contribution >= 4 is 52.6 Å². The number of rotatable bonds is 0. The van der Waals surface area contributed by atoms with Gasteiger partial charge in [-0.3, -0.25) is 0 Å². The molecule has 0 bridgehead atoms. The maximum absolute atomic E-state index is 12.3. The van der Waals surface area contributed by atoms with Crippen LogP contribution in [0.15, 0.2) is 21.9 Å². The molecule has 2 aromatic rings. The first kappa shape index (κ1) is 22.2. The van der Waals surface area contributed by atoms with E-state index in [9.17, 15) is 35.1 Å². The van der Waals surface area contributed by atoms with Crippen LogP contribution in [-0.4, -0.2) is 27.3 Å². The molecule has 0 saturated heterocycles. The van der Waals surface area contributed by atoms with Gasteiger partial charge in [0.2, 0.25) is 0 Å². The van der Waals surface area contributed by atoms with E-state index in [2.05, 4.69) is 25.3 Å². The van der Waals surface area contributed by atoms with Crippen molar-refractivity contribution in [3.05, 3.63) is 58.7 Å². The molecular weight excluding hydrogens is 567 g/mol. The minimum atomic E-state index is -1.53. The molecule has 0 saturated carbocycles. The summed E-state index contributed by atoms with van der Waals surface area (Å²) in [6.07, 6.45) is 0. The van der Waals surface area contributed by atoms with Crippen LogP contribution < -0.4 is 0 Å². The largest absolute Gasteiger partial charge is 2.00 e. The zero-order chi connectivity index (χ0) is 17.2. The average Bonchev–Trinajstić information content (AvgIpc) is 2.47. The Morgan fingerprint density at radius 1 is 0.478 bits per heavy atom. The van der Waals surface area contributed by atoms with Crippen LogP contribution in [0.3, 0.4) is 0 Å². The number of benzene rings is 2. The predicted molar refractivity (Wildman–Crippen MR) is 69.6 cm³/mol. The van der Waals surface area contributed by atoms with Crippen molar-refractivity contribution in [2.24, 2.45) is 0 Å². The number of hydrogen-bond donors (Lipinski definition) is 0. The maximum atomic E-state index is 12.3. The summed E-state index contributed by atoms with van der Waals surface area (Å²) < 4.78 is 97.8. The van der Waals surface area contributed by atoms with Gasteiger partial charge in [0, 0.05) is 12.1 Å². The van der Waals surface area contributed by atoms with Crippen LogP contribution in [0, 0.1) is 46.5 Å². The Bertz CT molecular complexity index is 609. The second kappa shape index (κ2) is 8.92. The van der Waals surface area contributed by atoms with Crippen molar-refractivity contribution in [2.75, 3.05) is 0 Å². The van der Waals surface area contributed by atoms with Gasteiger partial charge in [-0.1, -0.05) is 9.79 Å². The van der Waals surface area contributed by atoms with E-state index in [1.54, 1.807) is 0 Å². The molecule has 0 spiro atoms. The van der Waals surface area contributed by atoms with Gasteiger partial charge in [0.1, 0.15) is 23.3 Å². The summed E-state index contributed by atoms with van der Waals surface area (Å²) in [4.78, 5) is -2.11. The van der Waals surface area contributed by atoms with Gasteiger partial charge in [-0.15, -0.1) is 0 Å². The van der Waals surface area contributed by atoms with Crippen LogP contribution in [0.1, 0.15) is 0 Å². The fraction of sp³-hybridized carbons (Fsp3) is 0. The smallest absolute Gasteiger partial charge is 0.774 e. The molecule has 122 valence electrons. The van der Waals surface area contributed by atoms with Crippen molar-refractivity contribution in [2.45, 2.75) is 9.79 Å². The Morgan fingerprint density at radius 2 is 0.652 bits per heavy atom. The van der Waals surface area contributed by atoms with Gasteiger partial charge >= 0.3 is 27.3 Å². The topological polar surface area (TPSA) is 0 Å². The summed E-state index contributed by atoms with van der Waals surface area (Å²) in [5.74, 6) is -12.0. The third-order valence-corrected chi connectivity index (χ3v) is 2.86.